The fourth-order valence-corrected chi connectivity index (χ4v) is 3.08. The van der Waals surface area contributed by atoms with Gasteiger partial charge in [0.1, 0.15) is 5.82 Å². The molecule has 6 nitrogen and oxygen atoms in total. The van der Waals surface area contributed by atoms with Gasteiger partial charge in [-0.05, 0) is 43.3 Å². The summed E-state index contributed by atoms with van der Waals surface area (Å²) in [5, 5.41) is 11.5. The molecule has 0 bridgehead atoms. The Hall–Kier alpha value is -2.58. The van der Waals surface area contributed by atoms with E-state index < -0.39 is 22.5 Å². The van der Waals surface area contributed by atoms with Crippen LogP contribution in [0.25, 0.3) is 5.69 Å². The number of nitrogens with one attached hydrogen (secondary N) is 1. The Morgan fingerprint density at radius 1 is 1.23 bits per heavy atom. The van der Waals surface area contributed by atoms with Gasteiger partial charge in [-0.25, -0.2) is 4.39 Å². The molecule has 0 aliphatic heterocycles. The third-order valence-corrected chi connectivity index (χ3v) is 4.72. The van der Waals surface area contributed by atoms with E-state index in [0.29, 0.717) is 16.4 Å². The van der Waals surface area contributed by atoms with Gasteiger partial charge in [-0.15, -0.1) is 5.10 Å². The first-order valence-corrected chi connectivity index (χ1v) is 9.43. The van der Waals surface area contributed by atoms with Gasteiger partial charge >= 0.3 is 0 Å². The second-order valence-corrected chi connectivity index (χ2v) is 7.24. The standard InChI is InChI=1S/C17H14ClFN4O2S/c1-10-16(22-23(21-10)13-5-3-4-11(18)8-13)17(24)20-12-6-7-15(26(2)25)14(19)9-12/h3-9H,1-2H3,(H,20,24)/t26-/m1/s1. The fourth-order valence-electron chi connectivity index (χ4n) is 2.31. The van der Waals surface area contributed by atoms with Gasteiger partial charge in [0.2, 0.25) is 0 Å². The van der Waals surface area contributed by atoms with Crippen LogP contribution in [0.4, 0.5) is 10.1 Å². The minimum absolute atomic E-state index is 0.0751. The zero-order chi connectivity index (χ0) is 18.8. The lowest BCUT2D eigenvalue weighted by Crippen LogP contribution is -2.14. The normalized spacial score (nSPS) is 12.0. The number of rotatable bonds is 4. The van der Waals surface area contributed by atoms with Crippen LogP contribution >= 0.6 is 11.6 Å². The third-order valence-electron chi connectivity index (χ3n) is 3.54. The molecule has 0 saturated heterocycles. The summed E-state index contributed by atoms with van der Waals surface area (Å²) in [5.74, 6) is -1.18. The highest BCUT2D eigenvalue weighted by atomic mass is 35.5. The van der Waals surface area contributed by atoms with Crippen molar-refractivity contribution in [1.29, 1.82) is 0 Å². The lowest BCUT2D eigenvalue weighted by atomic mass is 10.3. The van der Waals surface area contributed by atoms with Crippen molar-refractivity contribution in [2.75, 3.05) is 11.6 Å². The molecule has 0 saturated carbocycles. The van der Waals surface area contributed by atoms with Crippen LogP contribution in [0.5, 0.6) is 0 Å². The SMILES string of the molecule is Cc1nn(-c2cccc(Cl)c2)nc1C(=O)Nc1ccc([S@@](C)=O)c(F)c1. The summed E-state index contributed by atoms with van der Waals surface area (Å²) >= 11 is 5.96. The highest BCUT2D eigenvalue weighted by Gasteiger charge is 2.17. The van der Waals surface area contributed by atoms with Gasteiger partial charge in [0.25, 0.3) is 5.91 Å². The predicted octanol–water partition coefficient (Wildman–Crippen LogP) is 3.36. The molecule has 0 spiro atoms. The van der Waals surface area contributed by atoms with Crippen LogP contribution in [0.1, 0.15) is 16.2 Å². The number of carbonyl (C=O) groups is 1. The van der Waals surface area contributed by atoms with Crippen LogP contribution in [-0.4, -0.2) is 31.4 Å². The molecular formula is C17H14ClFN4O2S. The van der Waals surface area contributed by atoms with Crippen molar-refractivity contribution in [3.63, 3.8) is 0 Å². The maximum atomic E-state index is 13.9. The minimum Gasteiger partial charge on any atom is -0.320 e. The van der Waals surface area contributed by atoms with Crippen molar-refractivity contribution >= 4 is 34.0 Å². The van der Waals surface area contributed by atoms with E-state index >= 15 is 0 Å². The van der Waals surface area contributed by atoms with Crippen molar-refractivity contribution in [3.05, 3.63) is 64.7 Å². The predicted molar refractivity (Wildman–Crippen MR) is 97.8 cm³/mol. The van der Waals surface area contributed by atoms with Crippen LogP contribution in [0.2, 0.25) is 5.02 Å². The summed E-state index contributed by atoms with van der Waals surface area (Å²) in [7, 11) is -1.45. The van der Waals surface area contributed by atoms with Gasteiger partial charge in [-0.2, -0.15) is 9.90 Å². The van der Waals surface area contributed by atoms with Crippen molar-refractivity contribution in [3.8, 4) is 5.69 Å². The van der Waals surface area contributed by atoms with E-state index in [0.717, 1.165) is 6.07 Å². The quantitative estimate of drug-likeness (QED) is 0.738. The summed E-state index contributed by atoms with van der Waals surface area (Å²) in [6, 6.07) is 10.9. The van der Waals surface area contributed by atoms with Crippen LogP contribution in [-0.2, 0) is 10.8 Å². The average molecular weight is 393 g/mol. The third kappa shape index (κ3) is 3.81. The summed E-state index contributed by atoms with van der Waals surface area (Å²) in [6.45, 7) is 1.65. The minimum atomic E-state index is -1.45. The monoisotopic (exact) mass is 392 g/mol. The zero-order valence-corrected chi connectivity index (χ0v) is 15.4. The zero-order valence-electron chi connectivity index (χ0n) is 13.9. The maximum Gasteiger partial charge on any atom is 0.278 e. The lowest BCUT2D eigenvalue weighted by Gasteiger charge is -2.05. The Kier molecular flexibility index (Phi) is 5.15. The van der Waals surface area contributed by atoms with Gasteiger partial charge in [0, 0.05) is 17.0 Å². The first-order chi connectivity index (χ1) is 12.3. The van der Waals surface area contributed by atoms with E-state index in [9.17, 15) is 13.4 Å². The van der Waals surface area contributed by atoms with Gasteiger partial charge in [0.15, 0.2) is 5.69 Å². The second kappa shape index (κ2) is 7.35. The van der Waals surface area contributed by atoms with E-state index in [-0.39, 0.29) is 16.3 Å². The number of benzene rings is 2. The number of carbonyl (C=O) groups excluding carboxylic acids is 1. The Labute approximate surface area is 156 Å². The van der Waals surface area contributed by atoms with E-state index in [1.807, 2.05) is 0 Å². The number of hydrogen-bond acceptors (Lipinski definition) is 4. The Morgan fingerprint density at radius 3 is 2.65 bits per heavy atom. The maximum absolute atomic E-state index is 13.9. The molecule has 1 N–H and O–H groups in total. The Bertz CT molecular complexity index is 1020. The van der Waals surface area contributed by atoms with Crippen molar-refractivity contribution in [2.45, 2.75) is 11.8 Å². The summed E-state index contributed by atoms with van der Waals surface area (Å²) in [6.07, 6.45) is 1.38. The van der Waals surface area contributed by atoms with Crippen LogP contribution in [0.3, 0.4) is 0 Å². The molecule has 3 rings (SSSR count). The molecule has 9 heteroatoms. The number of nitrogens with zero attached hydrogens (tertiary/aromatic N) is 3. The summed E-state index contributed by atoms with van der Waals surface area (Å²) in [4.78, 5) is 13.8. The molecule has 0 unspecified atom stereocenters. The smallest absolute Gasteiger partial charge is 0.278 e. The molecule has 0 fully saturated rings. The number of aromatic nitrogens is 3. The van der Waals surface area contributed by atoms with Crippen LogP contribution < -0.4 is 5.32 Å². The summed E-state index contributed by atoms with van der Waals surface area (Å²) in [5.41, 5.74) is 1.36. The van der Waals surface area contributed by atoms with Crippen molar-refractivity contribution < 1.29 is 13.4 Å². The molecule has 1 aromatic heterocycles. The number of halogens is 2. The number of anilines is 1. The number of aryl methyl sites for hydroxylation is 1. The molecule has 134 valence electrons. The van der Waals surface area contributed by atoms with Crippen LogP contribution in [0.15, 0.2) is 47.4 Å². The Morgan fingerprint density at radius 2 is 2.00 bits per heavy atom. The number of hydrogen-bond donors (Lipinski definition) is 1. The second-order valence-electron chi connectivity index (χ2n) is 5.46. The first kappa shape index (κ1) is 18.2. The van der Waals surface area contributed by atoms with E-state index in [1.54, 1.807) is 31.2 Å². The molecule has 1 heterocycles. The van der Waals surface area contributed by atoms with Gasteiger partial charge < -0.3 is 5.32 Å². The van der Waals surface area contributed by atoms with Crippen molar-refractivity contribution in [2.24, 2.45) is 0 Å². The molecule has 2 aromatic carbocycles. The highest BCUT2D eigenvalue weighted by Crippen LogP contribution is 2.19. The molecular weight excluding hydrogens is 379 g/mol. The molecule has 26 heavy (non-hydrogen) atoms. The summed E-state index contributed by atoms with van der Waals surface area (Å²) < 4.78 is 25.3. The Balaban J connectivity index is 1.85. The molecule has 0 aliphatic carbocycles. The largest absolute Gasteiger partial charge is 0.320 e. The van der Waals surface area contributed by atoms with Gasteiger partial charge in [0.05, 0.1) is 27.1 Å². The molecule has 1 amide bonds. The molecule has 3 aromatic rings. The van der Waals surface area contributed by atoms with E-state index in [2.05, 4.69) is 15.5 Å². The van der Waals surface area contributed by atoms with Crippen molar-refractivity contribution in [1.82, 2.24) is 15.0 Å². The van der Waals surface area contributed by atoms with E-state index in [1.165, 1.54) is 23.2 Å². The van der Waals surface area contributed by atoms with Crippen LogP contribution in [0, 0.1) is 12.7 Å². The average Bonchev–Trinajstić information content (AvgIpc) is 2.96. The molecule has 1 atom stereocenters. The highest BCUT2D eigenvalue weighted by molar-refractivity contribution is 7.84. The number of amides is 1. The lowest BCUT2D eigenvalue weighted by molar-refractivity contribution is 0.102. The molecule has 0 aliphatic rings. The topological polar surface area (TPSA) is 76.9 Å². The van der Waals surface area contributed by atoms with Gasteiger partial charge in [-0.1, -0.05) is 17.7 Å². The fraction of sp³-hybridized carbons (Fsp3) is 0.118. The van der Waals surface area contributed by atoms with Gasteiger partial charge in [-0.3, -0.25) is 9.00 Å². The van der Waals surface area contributed by atoms with E-state index in [4.69, 9.17) is 11.6 Å². The molecule has 0 radical (unpaired) electrons. The first-order valence-electron chi connectivity index (χ1n) is 7.49.